The number of ether oxygens (including phenoxy) is 1. The van der Waals surface area contributed by atoms with Gasteiger partial charge >= 0.3 is 5.97 Å². The highest BCUT2D eigenvalue weighted by atomic mass is 16.5. The van der Waals surface area contributed by atoms with Gasteiger partial charge < -0.3 is 14.7 Å². The Morgan fingerprint density at radius 2 is 2.05 bits per heavy atom. The maximum Gasteiger partial charge on any atom is 0.325 e. The summed E-state index contributed by atoms with van der Waals surface area (Å²) in [5.41, 5.74) is 1.99. The number of carbonyl (C=O) groups is 1. The molecule has 1 saturated heterocycles. The van der Waals surface area contributed by atoms with Crippen molar-refractivity contribution in [2.24, 2.45) is 0 Å². The minimum Gasteiger partial charge on any atom is -0.493 e. The fourth-order valence-electron chi connectivity index (χ4n) is 2.97. The summed E-state index contributed by atoms with van der Waals surface area (Å²) in [4.78, 5) is 16.0. The highest BCUT2D eigenvalue weighted by Gasteiger charge is 2.30. The molecule has 1 atom stereocenters. The van der Waals surface area contributed by atoms with Crippen LogP contribution >= 0.6 is 0 Å². The Hall–Kier alpha value is -1.59. The molecule has 1 unspecified atom stereocenters. The Morgan fingerprint density at radius 1 is 1.30 bits per heavy atom. The zero-order chi connectivity index (χ0) is 14.1. The Balaban J connectivity index is 1.85. The molecule has 0 aliphatic carbocycles. The maximum atomic E-state index is 11.7. The molecule has 2 aliphatic heterocycles. The molecule has 0 saturated carbocycles. The van der Waals surface area contributed by atoms with Gasteiger partial charge in [-0.1, -0.05) is 6.07 Å². The van der Waals surface area contributed by atoms with Gasteiger partial charge in [0.25, 0.3) is 0 Å². The first kappa shape index (κ1) is 13.4. The van der Waals surface area contributed by atoms with Crippen molar-refractivity contribution in [3.63, 3.8) is 0 Å². The Labute approximate surface area is 118 Å². The third kappa shape index (κ3) is 2.51. The molecule has 20 heavy (non-hydrogen) atoms. The zero-order valence-electron chi connectivity index (χ0n) is 11.7. The molecule has 0 amide bonds. The van der Waals surface area contributed by atoms with E-state index in [9.17, 15) is 9.90 Å². The molecule has 2 aliphatic rings. The molecule has 0 spiro atoms. The highest BCUT2D eigenvalue weighted by Crippen LogP contribution is 2.30. The number of benzene rings is 1. The molecule has 1 aromatic carbocycles. The fourth-order valence-corrected chi connectivity index (χ4v) is 2.97. The van der Waals surface area contributed by atoms with E-state index < -0.39 is 12.0 Å². The van der Waals surface area contributed by atoms with Crippen molar-refractivity contribution >= 4 is 5.97 Å². The number of fused-ring (bicyclic) bond motifs is 1. The van der Waals surface area contributed by atoms with Gasteiger partial charge in [-0.2, -0.15) is 0 Å². The van der Waals surface area contributed by atoms with Gasteiger partial charge in [-0.25, -0.2) is 0 Å². The molecule has 0 aromatic heterocycles. The van der Waals surface area contributed by atoms with Crippen molar-refractivity contribution in [3.8, 4) is 5.75 Å². The Kier molecular flexibility index (Phi) is 3.63. The Bertz CT molecular complexity index is 510. The first-order valence-corrected chi connectivity index (χ1v) is 7.06. The predicted molar refractivity (Wildman–Crippen MR) is 75.1 cm³/mol. The number of carboxylic acids is 1. The van der Waals surface area contributed by atoms with Gasteiger partial charge in [0.1, 0.15) is 11.8 Å². The van der Waals surface area contributed by atoms with Crippen LogP contribution in [0.4, 0.5) is 0 Å². The van der Waals surface area contributed by atoms with Gasteiger partial charge in [0.15, 0.2) is 0 Å². The third-order valence-electron chi connectivity index (χ3n) is 4.17. The largest absolute Gasteiger partial charge is 0.493 e. The van der Waals surface area contributed by atoms with Crippen LogP contribution in [0.3, 0.4) is 0 Å². The van der Waals surface area contributed by atoms with Gasteiger partial charge in [0.05, 0.1) is 6.61 Å². The van der Waals surface area contributed by atoms with E-state index >= 15 is 0 Å². The van der Waals surface area contributed by atoms with Gasteiger partial charge in [0.2, 0.25) is 0 Å². The summed E-state index contributed by atoms with van der Waals surface area (Å²) in [6.07, 6.45) is 0.873. The molecule has 1 aromatic rings. The smallest absolute Gasteiger partial charge is 0.325 e. The second-order valence-electron chi connectivity index (χ2n) is 5.55. The molecule has 5 nitrogen and oxygen atoms in total. The molecule has 5 heteroatoms. The summed E-state index contributed by atoms with van der Waals surface area (Å²) in [5.74, 6) is 0.129. The summed E-state index contributed by atoms with van der Waals surface area (Å²) in [7, 11) is 2.07. The standard InChI is InChI=1S/C15H20N2O3/c1-16-5-7-17(8-6-16)14(15(18)19)12-2-3-13-11(10-12)4-9-20-13/h2-3,10,14H,4-9H2,1H3,(H,18,19). The third-order valence-corrected chi connectivity index (χ3v) is 4.17. The van der Waals surface area contributed by atoms with E-state index in [2.05, 4.69) is 16.8 Å². The van der Waals surface area contributed by atoms with Crippen LogP contribution in [0.5, 0.6) is 5.75 Å². The summed E-state index contributed by atoms with van der Waals surface area (Å²) >= 11 is 0. The molecular formula is C15H20N2O3. The number of hydrogen-bond donors (Lipinski definition) is 1. The summed E-state index contributed by atoms with van der Waals surface area (Å²) < 4.78 is 5.49. The predicted octanol–water partition coefficient (Wildman–Crippen LogP) is 0.995. The highest BCUT2D eigenvalue weighted by molar-refractivity contribution is 5.76. The van der Waals surface area contributed by atoms with E-state index in [4.69, 9.17) is 4.74 Å². The van der Waals surface area contributed by atoms with Gasteiger partial charge in [-0.3, -0.25) is 9.69 Å². The van der Waals surface area contributed by atoms with Crippen molar-refractivity contribution in [2.75, 3.05) is 39.8 Å². The summed E-state index contributed by atoms with van der Waals surface area (Å²) in [5, 5.41) is 9.61. The second-order valence-corrected chi connectivity index (χ2v) is 5.55. The minimum atomic E-state index is -0.770. The lowest BCUT2D eigenvalue weighted by molar-refractivity contribution is -0.144. The molecule has 0 radical (unpaired) electrons. The van der Waals surface area contributed by atoms with E-state index in [0.717, 1.165) is 49.5 Å². The first-order chi connectivity index (χ1) is 9.65. The molecule has 2 heterocycles. The number of piperazine rings is 1. The van der Waals surface area contributed by atoms with Crippen LogP contribution in [-0.4, -0.2) is 60.7 Å². The zero-order valence-corrected chi connectivity index (χ0v) is 11.7. The lowest BCUT2D eigenvalue weighted by Crippen LogP contribution is -2.47. The quantitative estimate of drug-likeness (QED) is 0.892. The van der Waals surface area contributed by atoms with Gasteiger partial charge in [-0.05, 0) is 30.3 Å². The number of rotatable bonds is 3. The number of hydrogen-bond acceptors (Lipinski definition) is 4. The lowest BCUT2D eigenvalue weighted by atomic mass is 10.0. The van der Waals surface area contributed by atoms with Crippen molar-refractivity contribution in [3.05, 3.63) is 29.3 Å². The normalized spacial score (nSPS) is 21.2. The molecule has 108 valence electrons. The van der Waals surface area contributed by atoms with Crippen LogP contribution in [0.2, 0.25) is 0 Å². The van der Waals surface area contributed by atoms with Gasteiger partial charge in [0, 0.05) is 32.6 Å². The van der Waals surface area contributed by atoms with Crippen LogP contribution in [0.25, 0.3) is 0 Å². The van der Waals surface area contributed by atoms with E-state index in [1.807, 2.05) is 18.2 Å². The maximum absolute atomic E-state index is 11.7. The van der Waals surface area contributed by atoms with Crippen molar-refractivity contribution < 1.29 is 14.6 Å². The molecule has 1 N–H and O–H groups in total. The van der Waals surface area contributed by atoms with Crippen LogP contribution in [0.15, 0.2) is 18.2 Å². The van der Waals surface area contributed by atoms with Crippen LogP contribution < -0.4 is 4.74 Å². The van der Waals surface area contributed by atoms with Crippen molar-refractivity contribution in [1.82, 2.24) is 9.80 Å². The van der Waals surface area contributed by atoms with E-state index in [-0.39, 0.29) is 0 Å². The van der Waals surface area contributed by atoms with E-state index in [1.54, 1.807) is 0 Å². The number of aliphatic carboxylic acids is 1. The first-order valence-electron chi connectivity index (χ1n) is 7.06. The molecule has 3 rings (SSSR count). The number of likely N-dealkylation sites (N-methyl/N-ethyl adjacent to an activating group) is 1. The Morgan fingerprint density at radius 3 is 2.75 bits per heavy atom. The van der Waals surface area contributed by atoms with Crippen LogP contribution in [0.1, 0.15) is 17.2 Å². The molecular weight excluding hydrogens is 256 g/mol. The molecule has 1 fully saturated rings. The SMILES string of the molecule is CN1CCN(C(C(=O)O)c2ccc3c(c2)CCO3)CC1. The fraction of sp³-hybridized carbons (Fsp3) is 0.533. The lowest BCUT2D eigenvalue weighted by Gasteiger charge is -2.36. The second kappa shape index (κ2) is 5.42. The summed E-state index contributed by atoms with van der Waals surface area (Å²) in [6.45, 7) is 4.11. The van der Waals surface area contributed by atoms with Crippen molar-refractivity contribution in [2.45, 2.75) is 12.5 Å². The monoisotopic (exact) mass is 276 g/mol. The molecule has 0 bridgehead atoms. The van der Waals surface area contributed by atoms with Gasteiger partial charge in [-0.15, -0.1) is 0 Å². The average molecular weight is 276 g/mol. The van der Waals surface area contributed by atoms with Crippen molar-refractivity contribution in [1.29, 1.82) is 0 Å². The number of nitrogens with zero attached hydrogens (tertiary/aromatic N) is 2. The topological polar surface area (TPSA) is 53.0 Å². The van der Waals surface area contributed by atoms with Crippen LogP contribution in [0, 0.1) is 0 Å². The van der Waals surface area contributed by atoms with E-state index in [0.29, 0.717) is 6.61 Å². The van der Waals surface area contributed by atoms with Crippen LogP contribution in [-0.2, 0) is 11.2 Å². The minimum absolute atomic E-state index is 0.547. The number of carboxylic acid groups (broad SMARTS) is 1. The summed E-state index contributed by atoms with van der Waals surface area (Å²) in [6, 6.07) is 5.25. The van der Waals surface area contributed by atoms with E-state index in [1.165, 1.54) is 0 Å². The average Bonchev–Trinajstić information content (AvgIpc) is 2.88.